The fourth-order valence-electron chi connectivity index (χ4n) is 2.24. The highest BCUT2D eigenvalue weighted by Gasteiger charge is 2.11. The SMILES string of the molecule is CCC(Nc1ccccc1CO)c1ccc(OC)cc1. The lowest BCUT2D eigenvalue weighted by Gasteiger charge is -2.20. The summed E-state index contributed by atoms with van der Waals surface area (Å²) in [4.78, 5) is 0. The summed E-state index contributed by atoms with van der Waals surface area (Å²) in [5.41, 5.74) is 3.11. The smallest absolute Gasteiger partial charge is 0.118 e. The van der Waals surface area contributed by atoms with Crippen molar-refractivity contribution in [2.24, 2.45) is 0 Å². The zero-order chi connectivity index (χ0) is 14.4. The van der Waals surface area contributed by atoms with Crippen LogP contribution >= 0.6 is 0 Å². The van der Waals surface area contributed by atoms with Crippen molar-refractivity contribution in [3.8, 4) is 5.75 Å². The van der Waals surface area contributed by atoms with Gasteiger partial charge in [-0.1, -0.05) is 37.3 Å². The molecule has 3 nitrogen and oxygen atoms in total. The number of para-hydroxylation sites is 1. The van der Waals surface area contributed by atoms with E-state index in [1.807, 2.05) is 36.4 Å². The molecule has 0 saturated heterocycles. The standard InChI is InChI=1S/C17H21NO2/c1-3-16(13-8-10-15(20-2)11-9-13)18-17-7-5-4-6-14(17)12-19/h4-11,16,18-19H,3,12H2,1-2H3. The summed E-state index contributed by atoms with van der Waals surface area (Å²) in [6.45, 7) is 2.19. The van der Waals surface area contributed by atoms with Gasteiger partial charge in [-0.2, -0.15) is 0 Å². The Kier molecular flexibility index (Phi) is 5.02. The molecule has 1 unspecified atom stereocenters. The van der Waals surface area contributed by atoms with E-state index in [-0.39, 0.29) is 12.6 Å². The van der Waals surface area contributed by atoms with Crippen molar-refractivity contribution in [3.05, 3.63) is 59.7 Å². The summed E-state index contributed by atoms with van der Waals surface area (Å²) >= 11 is 0. The van der Waals surface area contributed by atoms with Gasteiger partial charge in [-0.05, 0) is 30.2 Å². The van der Waals surface area contributed by atoms with E-state index in [2.05, 4.69) is 24.4 Å². The van der Waals surface area contributed by atoms with Gasteiger partial charge in [0.05, 0.1) is 19.8 Å². The van der Waals surface area contributed by atoms with Gasteiger partial charge < -0.3 is 15.2 Å². The van der Waals surface area contributed by atoms with Crippen molar-refractivity contribution in [1.82, 2.24) is 0 Å². The molecule has 0 spiro atoms. The Labute approximate surface area is 120 Å². The third kappa shape index (κ3) is 3.31. The summed E-state index contributed by atoms with van der Waals surface area (Å²) in [6.07, 6.45) is 0.964. The van der Waals surface area contributed by atoms with E-state index in [0.29, 0.717) is 0 Å². The lowest BCUT2D eigenvalue weighted by Crippen LogP contribution is -2.11. The molecule has 0 heterocycles. The van der Waals surface area contributed by atoms with Crippen molar-refractivity contribution in [3.63, 3.8) is 0 Å². The number of hydrogen-bond donors (Lipinski definition) is 2. The molecule has 106 valence electrons. The maximum atomic E-state index is 9.39. The van der Waals surface area contributed by atoms with Crippen LogP contribution in [0.3, 0.4) is 0 Å². The van der Waals surface area contributed by atoms with Crippen LogP contribution in [0.5, 0.6) is 5.75 Å². The largest absolute Gasteiger partial charge is 0.497 e. The predicted molar refractivity (Wildman–Crippen MR) is 82.0 cm³/mol. The van der Waals surface area contributed by atoms with Crippen molar-refractivity contribution < 1.29 is 9.84 Å². The number of aliphatic hydroxyl groups is 1. The molecule has 2 rings (SSSR count). The van der Waals surface area contributed by atoms with E-state index in [9.17, 15) is 5.11 Å². The Morgan fingerprint density at radius 2 is 1.80 bits per heavy atom. The summed E-state index contributed by atoms with van der Waals surface area (Å²) in [6, 6.07) is 16.1. The maximum Gasteiger partial charge on any atom is 0.118 e. The topological polar surface area (TPSA) is 41.5 Å². The van der Waals surface area contributed by atoms with E-state index < -0.39 is 0 Å². The Hall–Kier alpha value is -2.00. The fourth-order valence-corrected chi connectivity index (χ4v) is 2.24. The molecule has 0 fully saturated rings. The molecule has 3 heteroatoms. The number of ether oxygens (including phenoxy) is 1. The van der Waals surface area contributed by atoms with Crippen LogP contribution in [-0.4, -0.2) is 12.2 Å². The highest BCUT2D eigenvalue weighted by molar-refractivity contribution is 5.52. The van der Waals surface area contributed by atoms with Crippen LogP contribution in [0.15, 0.2) is 48.5 Å². The monoisotopic (exact) mass is 271 g/mol. The third-order valence-corrected chi connectivity index (χ3v) is 3.44. The van der Waals surface area contributed by atoms with E-state index >= 15 is 0 Å². The summed E-state index contributed by atoms with van der Waals surface area (Å²) < 4.78 is 5.18. The van der Waals surface area contributed by atoms with Gasteiger partial charge in [0, 0.05) is 11.3 Å². The number of rotatable bonds is 6. The molecule has 0 amide bonds. The van der Waals surface area contributed by atoms with Crippen molar-refractivity contribution in [2.75, 3.05) is 12.4 Å². The van der Waals surface area contributed by atoms with Gasteiger partial charge in [0.25, 0.3) is 0 Å². The molecule has 0 radical (unpaired) electrons. The van der Waals surface area contributed by atoms with Crippen LogP contribution in [0.25, 0.3) is 0 Å². The first-order valence-electron chi connectivity index (χ1n) is 6.87. The highest BCUT2D eigenvalue weighted by atomic mass is 16.5. The highest BCUT2D eigenvalue weighted by Crippen LogP contribution is 2.26. The molecule has 1 atom stereocenters. The van der Waals surface area contributed by atoms with Gasteiger partial charge in [0.1, 0.15) is 5.75 Å². The molecule has 0 aliphatic rings. The van der Waals surface area contributed by atoms with Crippen LogP contribution in [0.4, 0.5) is 5.69 Å². The van der Waals surface area contributed by atoms with Gasteiger partial charge in [0.2, 0.25) is 0 Å². The predicted octanol–water partition coefficient (Wildman–Crippen LogP) is 3.75. The Bertz CT molecular complexity index is 537. The van der Waals surface area contributed by atoms with Crippen LogP contribution in [0, 0.1) is 0 Å². The first-order chi connectivity index (χ1) is 9.78. The first-order valence-corrected chi connectivity index (χ1v) is 6.87. The van der Waals surface area contributed by atoms with E-state index in [1.54, 1.807) is 7.11 Å². The molecule has 2 N–H and O–H groups in total. The second-order valence-corrected chi connectivity index (χ2v) is 4.69. The first kappa shape index (κ1) is 14.4. The van der Waals surface area contributed by atoms with Gasteiger partial charge in [-0.25, -0.2) is 0 Å². The van der Waals surface area contributed by atoms with Crippen LogP contribution in [0.1, 0.15) is 30.5 Å². The quantitative estimate of drug-likeness (QED) is 0.840. The van der Waals surface area contributed by atoms with E-state index in [0.717, 1.165) is 23.4 Å². The maximum absolute atomic E-state index is 9.39. The molecule has 0 aromatic heterocycles. The van der Waals surface area contributed by atoms with Crippen molar-refractivity contribution in [1.29, 1.82) is 0 Å². The number of benzene rings is 2. The molecule has 20 heavy (non-hydrogen) atoms. The number of methoxy groups -OCH3 is 1. The minimum Gasteiger partial charge on any atom is -0.497 e. The lowest BCUT2D eigenvalue weighted by atomic mass is 10.0. The van der Waals surface area contributed by atoms with Gasteiger partial charge in [-0.15, -0.1) is 0 Å². The lowest BCUT2D eigenvalue weighted by molar-refractivity contribution is 0.282. The van der Waals surface area contributed by atoms with Crippen molar-refractivity contribution >= 4 is 5.69 Å². The zero-order valence-corrected chi connectivity index (χ0v) is 12.0. The van der Waals surface area contributed by atoms with Crippen molar-refractivity contribution in [2.45, 2.75) is 26.0 Å². The van der Waals surface area contributed by atoms with Gasteiger partial charge in [0.15, 0.2) is 0 Å². The minimum atomic E-state index is 0.0439. The van der Waals surface area contributed by atoms with E-state index in [4.69, 9.17) is 4.74 Å². The summed E-state index contributed by atoms with van der Waals surface area (Å²) in [7, 11) is 1.67. The molecule has 2 aromatic rings. The third-order valence-electron chi connectivity index (χ3n) is 3.44. The van der Waals surface area contributed by atoms with Gasteiger partial charge >= 0.3 is 0 Å². The molecule has 0 saturated carbocycles. The Balaban J connectivity index is 2.19. The number of anilines is 1. The molecular formula is C17H21NO2. The minimum absolute atomic E-state index is 0.0439. The average molecular weight is 271 g/mol. The average Bonchev–Trinajstić information content (AvgIpc) is 2.53. The molecular weight excluding hydrogens is 250 g/mol. The Morgan fingerprint density at radius 3 is 2.40 bits per heavy atom. The normalized spacial score (nSPS) is 11.9. The Morgan fingerprint density at radius 1 is 1.10 bits per heavy atom. The fraction of sp³-hybridized carbons (Fsp3) is 0.294. The molecule has 2 aromatic carbocycles. The molecule has 0 aliphatic carbocycles. The second kappa shape index (κ2) is 6.96. The van der Waals surface area contributed by atoms with Crippen LogP contribution in [0.2, 0.25) is 0 Å². The number of hydrogen-bond acceptors (Lipinski definition) is 3. The van der Waals surface area contributed by atoms with Crippen LogP contribution < -0.4 is 10.1 Å². The summed E-state index contributed by atoms with van der Waals surface area (Å²) in [5.74, 6) is 0.861. The summed E-state index contributed by atoms with van der Waals surface area (Å²) in [5, 5.41) is 12.9. The number of aliphatic hydroxyl groups excluding tert-OH is 1. The van der Waals surface area contributed by atoms with Gasteiger partial charge in [-0.3, -0.25) is 0 Å². The zero-order valence-electron chi connectivity index (χ0n) is 12.0. The van der Waals surface area contributed by atoms with Crippen LogP contribution in [-0.2, 0) is 6.61 Å². The molecule has 0 aliphatic heterocycles. The molecule has 0 bridgehead atoms. The second-order valence-electron chi connectivity index (χ2n) is 4.69. The van der Waals surface area contributed by atoms with E-state index in [1.165, 1.54) is 5.56 Å². The number of nitrogens with one attached hydrogen (secondary N) is 1.